The number of hydrogen-bond donors (Lipinski definition) is 0. The first-order chi connectivity index (χ1) is 9.33. The molecule has 1 fully saturated rings. The summed E-state index contributed by atoms with van der Waals surface area (Å²) in [7, 11) is 0. The molecule has 0 amide bonds. The summed E-state index contributed by atoms with van der Waals surface area (Å²) in [6.45, 7) is 6.36. The normalized spacial score (nSPS) is 23.1. The van der Waals surface area contributed by atoms with Crippen LogP contribution in [0.5, 0.6) is 0 Å². The molecular formula is C19H40Ga. The molecule has 1 aliphatic carbocycles. The van der Waals surface area contributed by atoms with E-state index in [-0.39, 0.29) is 19.8 Å². The van der Waals surface area contributed by atoms with Crippen LogP contribution in [0.3, 0.4) is 0 Å². The van der Waals surface area contributed by atoms with Crippen molar-refractivity contribution in [2.24, 2.45) is 11.8 Å². The van der Waals surface area contributed by atoms with Crippen molar-refractivity contribution in [1.29, 1.82) is 0 Å². The molecule has 119 valence electrons. The van der Waals surface area contributed by atoms with Crippen molar-refractivity contribution in [2.45, 2.75) is 103 Å². The van der Waals surface area contributed by atoms with Crippen LogP contribution in [-0.2, 0) is 0 Å². The fourth-order valence-corrected chi connectivity index (χ4v) is 3.66. The first-order valence-electron chi connectivity index (χ1n) is 9.12. The van der Waals surface area contributed by atoms with Crippen LogP contribution in [0.25, 0.3) is 0 Å². The van der Waals surface area contributed by atoms with Gasteiger partial charge >= 0.3 is 19.8 Å². The van der Waals surface area contributed by atoms with Gasteiger partial charge in [-0.1, -0.05) is 104 Å². The standard InChI is InChI=1S/C19H37.Ga.3H/c1-3-4-5-6-7-8-9-10-11-15-19-16-13-12-14-18(2)17-19;;;;/h18-19H,1,3-17H2,2H3;;;;. The molecular weight excluding hydrogens is 298 g/mol. The second kappa shape index (κ2) is 14.6. The molecule has 0 aromatic rings. The third-order valence-electron chi connectivity index (χ3n) is 4.91. The molecule has 0 heterocycles. The zero-order valence-corrected chi connectivity index (χ0v) is 13.5. The monoisotopic (exact) mass is 337 g/mol. The summed E-state index contributed by atoms with van der Waals surface area (Å²) in [4.78, 5) is 0. The Morgan fingerprint density at radius 2 is 1.35 bits per heavy atom. The molecule has 1 aliphatic rings. The van der Waals surface area contributed by atoms with E-state index in [1.807, 2.05) is 0 Å². The Bertz CT molecular complexity index is 190. The van der Waals surface area contributed by atoms with Crippen LogP contribution < -0.4 is 0 Å². The van der Waals surface area contributed by atoms with E-state index in [1.165, 1.54) is 89.9 Å². The zero-order valence-electron chi connectivity index (χ0n) is 13.5. The van der Waals surface area contributed by atoms with Crippen LogP contribution in [-0.4, -0.2) is 19.8 Å². The maximum atomic E-state index is 3.90. The molecule has 2 atom stereocenters. The van der Waals surface area contributed by atoms with Crippen LogP contribution in [0.4, 0.5) is 0 Å². The van der Waals surface area contributed by atoms with Gasteiger partial charge in [-0.05, 0) is 18.3 Å². The van der Waals surface area contributed by atoms with Gasteiger partial charge in [0.05, 0.1) is 0 Å². The Kier molecular flexibility index (Phi) is 15.0. The number of hydrogen-bond acceptors (Lipinski definition) is 0. The van der Waals surface area contributed by atoms with E-state index in [2.05, 4.69) is 13.8 Å². The zero-order chi connectivity index (χ0) is 13.8. The predicted octanol–water partition coefficient (Wildman–Crippen LogP) is 5.75. The molecule has 0 aromatic carbocycles. The van der Waals surface area contributed by atoms with Gasteiger partial charge in [-0.25, -0.2) is 0 Å². The second-order valence-corrected chi connectivity index (χ2v) is 6.96. The average molecular weight is 338 g/mol. The third kappa shape index (κ3) is 11.3. The molecule has 0 spiro atoms. The molecule has 20 heavy (non-hydrogen) atoms. The third-order valence-corrected chi connectivity index (χ3v) is 4.91. The summed E-state index contributed by atoms with van der Waals surface area (Å²) in [5, 5.41) is 0. The molecule has 0 bridgehead atoms. The number of unbranched alkanes of at least 4 members (excludes halogenated alkanes) is 8. The first kappa shape index (κ1) is 20.6. The maximum absolute atomic E-state index is 3.90. The van der Waals surface area contributed by atoms with E-state index >= 15 is 0 Å². The molecule has 0 nitrogen and oxygen atoms in total. The molecule has 0 aromatic heterocycles. The summed E-state index contributed by atoms with van der Waals surface area (Å²) < 4.78 is 0. The van der Waals surface area contributed by atoms with E-state index in [1.54, 1.807) is 0 Å². The minimum absolute atomic E-state index is 0. The fraction of sp³-hybridized carbons (Fsp3) is 0.947. The predicted molar refractivity (Wildman–Crippen MR) is 97.2 cm³/mol. The van der Waals surface area contributed by atoms with Crippen molar-refractivity contribution in [2.75, 3.05) is 0 Å². The molecule has 1 heteroatoms. The van der Waals surface area contributed by atoms with Crippen molar-refractivity contribution in [3.8, 4) is 0 Å². The fourth-order valence-electron chi connectivity index (χ4n) is 3.66. The summed E-state index contributed by atoms with van der Waals surface area (Å²) in [6, 6.07) is 0. The van der Waals surface area contributed by atoms with Gasteiger partial charge in [-0.3, -0.25) is 0 Å². The summed E-state index contributed by atoms with van der Waals surface area (Å²) in [5.74, 6) is 2.06. The molecule has 0 aliphatic heterocycles. The van der Waals surface area contributed by atoms with Crippen LogP contribution in [0, 0.1) is 18.8 Å². The minimum atomic E-state index is 0. The van der Waals surface area contributed by atoms with Crippen LogP contribution in [0.15, 0.2) is 0 Å². The van der Waals surface area contributed by atoms with Crippen molar-refractivity contribution < 1.29 is 0 Å². The van der Waals surface area contributed by atoms with Gasteiger partial charge in [0.25, 0.3) is 0 Å². The van der Waals surface area contributed by atoms with E-state index in [4.69, 9.17) is 0 Å². The van der Waals surface area contributed by atoms with Gasteiger partial charge in [0.15, 0.2) is 0 Å². The van der Waals surface area contributed by atoms with Gasteiger partial charge < -0.3 is 0 Å². The van der Waals surface area contributed by atoms with Crippen molar-refractivity contribution in [3.63, 3.8) is 0 Å². The SMILES string of the molecule is [CH2]CCCCCCCCCCC1CCCCC(C)C1.[GaH3]. The topological polar surface area (TPSA) is 0 Å². The molecule has 0 N–H and O–H groups in total. The molecule has 1 saturated carbocycles. The van der Waals surface area contributed by atoms with E-state index in [0.29, 0.717) is 0 Å². The Balaban J connectivity index is 0.00000361. The van der Waals surface area contributed by atoms with Gasteiger partial charge in [0, 0.05) is 0 Å². The van der Waals surface area contributed by atoms with Crippen LogP contribution in [0.2, 0.25) is 0 Å². The molecule has 1 rings (SSSR count). The van der Waals surface area contributed by atoms with Gasteiger partial charge in [0.2, 0.25) is 0 Å². The van der Waals surface area contributed by atoms with Crippen molar-refractivity contribution in [1.82, 2.24) is 0 Å². The van der Waals surface area contributed by atoms with Crippen molar-refractivity contribution in [3.05, 3.63) is 6.92 Å². The Morgan fingerprint density at radius 1 is 0.800 bits per heavy atom. The van der Waals surface area contributed by atoms with Gasteiger partial charge in [-0.15, -0.1) is 0 Å². The van der Waals surface area contributed by atoms with Crippen molar-refractivity contribution >= 4 is 19.8 Å². The molecule has 2 unspecified atom stereocenters. The van der Waals surface area contributed by atoms with E-state index in [0.717, 1.165) is 18.3 Å². The van der Waals surface area contributed by atoms with Gasteiger partial charge in [0.1, 0.15) is 0 Å². The summed E-state index contributed by atoms with van der Waals surface area (Å²) in [5.41, 5.74) is 0. The average Bonchev–Trinajstić information content (AvgIpc) is 2.61. The molecule has 0 saturated heterocycles. The summed E-state index contributed by atoms with van der Waals surface area (Å²) >= 11 is 0. The Hall–Kier alpha value is 0.636. The quantitative estimate of drug-likeness (QED) is 0.270. The van der Waals surface area contributed by atoms with Crippen LogP contribution >= 0.6 is 0 Å². The number of rotatable bonds is 10. The summed E-state index contributed by atoms with van der Waals surface area (Å²) in [6.07, 6.45) is 21.7. The van der Waals surface area contributed by atoms with E-state index < -0.39 is 0 Å². The van der Waals surface area contributed by atoms with E-state index in [9.17, 15) is 0 Å². The first-order valence-corrected chi connectivity index (χ1v) is 9.12. The second-order valence-electron chi connectivity index (χ2n) is 6.96. The van der Waals surface area contributed by atoms with Crippen LogP contribution in [0.1, 0.15) is 103 Å². The Morgan fingerprint density at radius 3 is 2.00 bits per heavy atom. The van der Waals surface area contributed by atoms with Gasteiger partial charge in [-0.2, -0.15) is 0 Å². The molecule has 1 radical (unpaired) electrons. The Labute approximate surface area is 141 Å².